The molecule has 1 atom stereocenters. The number of aryl methyl sites for hydroxylation is 3. The van der Waals surface area contributed by atoms with Crippen LogP contribution < -0.4 is 5.56 Å². The SMILES string of the molecule is CCc1cccc(CC)c1-n1c(-c2csc(C)n2)nc(=O)c(C(=O)N2CCC(c3ncc(F)cc3F)C2)c1O. The Morgan fingerprint density at radius 3 is 2.51 bits per heavy atom. The smallest absolute Gasteiger partial charge is 0.290 e. The number of carbonyl (C=O) groups is 1. The number of aromatic hydroxyl groups is 1. The van der Waals surface area contributed by atoms with Crippen LogP contribution in [0, 0.1) is 18.6 Å². The second kappa shape index (κ2) is 10.6. The summed E-state index contributed by atoms with van der Waals surface area (Å²) in [6.45, 7) is 6.06. The lowest BCUT2D eigenvalue weighted by Gasteiger charge is -2.22. The van der Waals surface area contributed by atoms with Crippen molar-refractivity contribution in [2.75, 3.05) is 13.1 Å². The molecule has 3 aromatic heterocycles. The summed E-state index contributed by atoms with van der Waals surface area (Å²) in [7, 11) is 0. The Labute approximate surface area is 227 Å². The monoisotopic (exact) mass is 551 g/mol. The molecule has 0 aliphatic carbocycles. The Balaban J connectivity index is 1.63. The highest BCUT2D eigenvalue weighted by Gasteiger charge is 2.35. The highest BCUT2D eigenvalue weighted by Crippen LogP contribution is 2.34. The number of amides is 1. The fraction of sp³-hybridized carbons (Fsp3) is 0.321. The molecule has 1 saturated heterocycles. The molecule has 1 unspecified atom stereocenters. The van der Waals surface area contributed by atoms with Gasteiger partial charge in [-0.2, -0.15) is 4.98 Å². The molecule has 1 aromatic carbocycles. The van der Waals surface area contributed by atoms with Crippen LogP contribution in [0.5, 0.6) is 5.88 Å². The third-order valence-electron chi connectivity index (χ3n) is 7.02. The van der Waals surface area contributed by atoms with Crippen molar-refractivity contribution < 1.29 is 18.7 Å². The Morgan fingerprint density at radius 2 is 1.90 bits per heavy atom. The van der Waals surface area contributed by atoms with Crippen molar-refractivity contribution >= 4 is 17.2 Å². The number of carbonyl (C=O) groups excluding carboxylic acids is 1. The summed E-state index contributed by atoms with van der Waals surface area (Å²) < 4.78 is 29.2. The number of likely N-dealkylation sites (tertiary alicyclic amines) is 1. The normalized spacial score (nSPS) is 15.2. The van der Waals surface area contributed by atoms with Gasteiger partial charge in [0.1, 0.15) is 17.3 Å². The van der Waals surface area contributed by atoms with Crippen molar-refractivity contribution in [2.45, 2.75) is 46.0 Å². The molecule has 0 radical (unpaired) electrons. The van der Waals surface area contributed by atoms with Crippen LogP contribution >= 0.6 is 11.3 Å². The molecule has 11 heteroatoms. The molecular weight excluding hydrogens is 524 g/mol. The topological polar surface area (TPSA) is 101 Å². The van der Waals surface area contributed by atoms with Gasteiger partial charge in [0.05, 0.1) is 22.6 Å². The van der Waals surface area contributed by atoms with Gasteiger partial charge in [0.25, 0.3) is 11.5 Å². The molecule has 0 spiro atoms. The van der Waals surface area contributed by atoms with E-state index < -0.39 is 40.5 Å². The molecule has 1 fully saturated rings. The first kappa shape index (κ1) is 26.6. The van der Waals surface area contributed by atoms with E-state index >= 15 is 0 Å². The zero-order valence-electron chi connectivity index (χ0n) is 21.7. The van der Waals surface area contributed by atoms with Crippen molar-refractivity contribution in [3.05, 3.63) is 85.2 Å². The summed E-state index contributed by atoms with van der Waals surface area (Å²) in [6.07, 6.45) is 2.58. The second-order valence-electron chi connectivity index (χ2n) is 9.42. The van der Waals surface area contributed by atoms with E-state index in [1.54, 1.807) is 5.38 Å². The zero-order chi connectivity index (χ0) is 27.8. The van der Waals surface area contributed by atoms with Gasteiger partial charge in [-0.05, 0) is 37.3 Å². The maximum Gasteiger partial charge on any atom is 0.290 e. The summed E-state index contributed by atoms with van der Waals surface area (Å²) in [5.41, 5.74) is 1.59. The van der Waals surface area contributed by atoms with Crippen molar-refractivity contribution in [3.63, 3.8) is 0 Å². The average molecular weight is 552 g/mol. The number of pyridine rings is 1. The van der Waals surface area contributed by atoms with Gasteiger partial charge < -0.3 is 10.0 Å². The first-order valence-electron chi connectivity index (χ1n) is 12.7. The molecule has 4 aromatic rings. The van der Waals surface area contributed by atoms with Crippen LogP contribution in [-0.4, -0.2) is 48.5 Å². The predicted molar refractivity (Wildman–Crippen MR) is 144 cm³/mol. The molecule has 202 valence electrons. The molecule has 1 amide bonds. The quantitative estimate of drug-likeness (QED) is 0.370. The molecule has 0 saturated carbocycles. The van der Waals surface area contributed by atoms with Crippen molar-refractivity contribution in [3.8, 4) is 23.1 Å². The average Bonchev–Trinajstić information content (AvgIpc) is 3.57. The third-order valence-corrected chi connectivity index (χ3v) is 7.79. The lowest BCUT2D eigenvalue weighted by Crippen LogP contribution is -2.34. The van der Waals surface area contributed by atoms with E-state index in [2.05, 4.69) is 15.0 Å². The number of rotatable bonds is 6. The summed E-state index contributed by atoms with van der Waals surface area (Å²) in [5.74, 6) is -3.13. The number of nitrogens with zero attached hydrogens (tertiary/aromatic N) is 5. The molecule has 4 heterocycles. The number of benzene rings is 1. The molecule has 39 heavy (non-hydrogen) atoms. The number of hydrogen-bond donors (Lipinski definition) is 1. The second-order valence-corrected chi connectivity index (χ2v) is 10.5. The largest absolute Gasteiger partial charge is 0.493 e. The van der Waals surface area contributed by atoms with Crippen LogP contribution in [0.4, 0.5) is 8.78 Å². The minimum Gasteiger partial charge on any atom is -0.493 e. The van der Waals surface area contributed by atoms with Gasteiger partial charge >= 0.3 is 0 Å². The fourth-order valence-electron chi connectivity index (χ4n) is 5.10. The van der Waals surface area contributed by atoms with Crippen LogP contribution in [-0.2, 0) is 12.8 Å². The third kappa shape index (κ3) is 4.82. The lowest BCUT2D eigenvalue weighted by molar-refractivity contribution is 0.0784. The Bertz CT molecular complexity index is 1610. The van der Waals surface area contributed by atoms with Crippen LogP contribution in [0.15, 0.2) is 40.6 Å². The predicted octanol–water partition coefficient (Wildman–Crippen LogP) is 4.80. The van der Waals surface area contributed by atoms with E-state index in [-0.39, 0.29) is 24.6 Å². The molecule has 8 nitrogen and oxygen atoms in total. The number of thiazole rings is 1. The lowest BCUT2D eigenvalue weighted by atomic mass is 10.0. The van der Waals surface area contributed by atoms with E-state index in [1.165, 1.54) is 20.8 Å². The van der Waals surface area contributed by atoms with E-state index in [0.29, 0.717) is 30.6 Å². The number of hydrogen-bond acceptors (Lipinski definition) is 7. The number of aromatic nitrogens is 4. The first-order chi connectivity index (χ1) is 18.7. The van der Waals surface area contributed by atoms with Crippen LogP contribution in [0.3, 0.4) is 0 Å². The summed E-state index contributed by atoms with van der Waals surface area (Å²) >= 11 is 1.38. The van der Waals surface area contributed by atoms with Gasteiger partial charge in [-0.25, -0.2) is 13.8 Å². The molecule has 0 bridgehead atoms. The van der Waals surface area contributed by atoms with Crippen molar-refractivity contribution in [2.24, 2.45) is 0 Å². The van der Waals surface area contributed by atoms with Gasteiger partial charge in [-0.15, -0.1) is 11.3 Å². The van der Waals surface area contributed by atoms with Gasteiger partial charge in [0, 0.05) is 30.5 Å². The van der Waals surface area contributed by atoms with Crippen molar-refractivity contribution in [1.29, 1.82) is 0 Å². The zero-order valence-corrected chi connectivity index (χ0v) is 22.6. The highest BCUT2D eigenvalue weighted by molar-refractivity contribution is 7.09. The van der Waals surface area contributed by atoms with E-state index in [0.717, 1.165) is 28.4 Å². The minimum atomic E-state index is -0.879. The Morgan fingerprint density at radius 1 is 1.18 bits per heavy atom. The van der Waals surface area contributed by atoms with E-state index in [1.807, 2.05) is 39.0 Å². The summed E-state index contributed by atoms with van der Waals surface area (Å²) in [6, 6.07) is 6.55. The molecule has 5 rings (SSSR count). The molecule has 1 aliphatic rings. The highest BCUT2D eigenvalue weighted by atomic mass is 32.1. The van der Waals surface area contributed by atoms with Gasteiger partial charge in [-0.1, -0.05) is 32.0 Å². The summed E-state index contributed by atoms with van der Waals surface area (Å²) in [4.78, 5) is 41.0. The van der Waals surface area contributed by atoms with Crippen molar-refractivity contribution in [1.82, 2.24) is 24.4 Å². The molecule has 1 aliphatic heterocycles. The van der Waals surface area contributed by atoms with E-state index in [4.69, 9.17) is 0 Å². The van der Waals surface area contributed by atoms with Crippen LogP contribution in [0.2, 0.25) is 0 Å². The van der Waals surface area contributed by atoms with Crippen LogP contribution in [0.1, 0.15) is 58.4 Å². The number of halogens is 2. The standard InChI is InChI=1S/C28H27F2N5O3S/c1-4-16-7-6-8-17(5-2)24(16)35-25(21-14-39-15(3)32-21)33-26(36)22(28(35)38)27(37)34-10-9-18(13-34)23-20(30)11-19(29)12-31-23/h6-8,11-12,14,18,38H,4-5,9-10,13H2,1-3H3. The Kier molecular flexibility index (Phi) is 7.26. The molecular formula is C28H27F2N5O3S. The Hall–Kier alpha value is -3.99. The van der Waals surface area contributed by atoms with Gasteiger partial charge in [0.2, 0.25) is 5.88 Å². The summed E-state index contributed by atoms with van der Waals surface area (Å²) in [5, 5.41) is 14.2. The van der Waals surface area contributed by atoms with Gasteiger partial charge in [-0.3, -0.25) is 19.1 Å². The first-order valence-corrected chi connectivity index (χ1v) is 13.6. The maximum atomic E-state index is 14.4. The number of para-hydroxylation sites is 1. The van der Waals surface area contributed by atoms with Crippen LogP contribution in [0.25, 0.3) is 17.2 Å². The fourth-order valence-corrected chi connectivity index (χ4v) is 5.69. The van der Waals surface area contributed by atoms with E-state index in [9.17, 15) is 23.5 Å². The van der Waals surface area contributed by atoms with Gasteiger partial charge in [0.15, 0.2) is 11.4 Å². The minimum absolute atomic E-state index is 0.0603. The molecule has 1 N–H and O–H groups in total. The maximum absolute atomic E-state index is 14.4.